The number of halogens is 1. The van der Waals surface area contributed by atoms with Crippen molar-refractivity contribution in [2.75, 3.05) is 20.0 Å². The molecule has 0 radical (unpaired) electrons. The maximum atomic E-state index is 13.2. The van der Waals surface area contributed by atoms with Gasteiger partial charge in [0, 0.05) is 12.6 Å². The Labute approximate surface area is 193 Å². The third-order valence-corrected chi connectivity index (χ3v) is 7.15. The topological polar surface area (TPSA) is 64.0 Å². The lowest BCUT2D eigenvalue weighted by molar-refractivity contribution is -0.130. The molecule has 1 aliphatic heterocycles. The van der Waals surface area contributed by atoms with E-state index in [1.54, 1.807) is 48.9 Å². The molecule has 0 fully saturated rings. The normalized spacial score (nSPS) is 15.6. The number of methoxy groups -OCH3 is 2. The summed E-state index contributed by atoms with van der Waals surface area (Å²) in [6.07, 6.45) is 2.28. The third kappa shape index (κ3) is 4.71. The van der Waals surface area contributed by atoms with Crippen LogP contribution in [-0.4, -0.2) is 41.6 Å². The zero-order valence-electron chi connectivity index (χ0n) is 16.9. The summed E-state index contributed by atoms with van der Waals surface area (Å²) >= 11 is 9.10. The number of nitrogens with zero attached hydrogens (tertiary/aromatic N) is 3. The Bertz CT molecular complexity index is 1110. The van der Waals surface area contributed by atoms with Gasteiger partial charge in [0.25, 0.3) is 5.91 Å². The van der Waals surface area contributed by atoms with Gasteiger partial charge in [-0.25, -0.2) is 9.99 Å². The number of hydrogen-bond donors (Lipinski definition) is 0. The van der Waals surface area contributed by atoms with Crippen LogP contribution in [0.5, 0.6) is 11.5 Å². The minimum absolute atomic E-state index is 0.113. The average molecular weight is 474 g/mol. The van der Waals surface area contributed by atoms with Crippen molar-refractivity contribution >= 4 is 46.3 Å². The predicted octanol–water partition coefficient (Wildman–Crippen LogP) is 5.28. The van der Waals surface area contributed by atoms with Crippen LogP contribution >= 0.6 is 34.7 Å². The standard InChI is InChI=1S/C22H20ClN3O3S2/c1-28-18-8-7-14(11-19(18)29-2)17-12-16(20-6-4-10-30-20)25-26(17)21(27)13-31-22-15(23)5-3-9-24-22/h3-11,17H,12-13H2,1-2H3. The quantitative estimate of drug-likeness (QED) is 0.436. The van der Waals surface area contributed by atoms with Crippen molar-refractivity contribution in [2.45, 2.75) is 17.5 Å². The van der Waals surface area contributed by atoms with Crippen molar-refractivity contribution < 1.29 is 14.3 Å². The largest absolute Gasteiger partial charge is 0.493 e. The molecule has 1 aliphatic rings. The van der Waals surface area contributed by atoms with Crippen molar-refractivity contribution in [2.24, 2.45) is 5.10 Å². The molecule has 1 amide bonds. The van der Waals surface area contributed by atoms with E-state index in [2.05, 4.69) is 4.98 Å². The number of hydrazone groups is 1. The van der Waals surface area contributed by atoms with Gasteiger partial charge in [-0.1, -0.05) is 35.5 Å². The Morgan fingerprint density at radius 3 is 2.77 bits per heavy atom. The molecule has 2 aromatic heterocycles. The molecule has 3 heterocycles. The highest BCUT2D eigenvalue weighted by molar-refractivity contribution is 8.00. The molecule has 1 unspecified atom stereocenters. The number of carbonyl (C=O) groups is 1. The number of rotatable bonds is 7. The molecule has 0 N–H and O–H groups in total. The van der Waals surface area contributed by atoms with Crippen molar-refractivity contribution in [1.29, 1.82) is 0 Å². The summed E-state index contributed by atoms with van der Waals surface area (Å²) < 4.78 is 10.8. The number of thioether (sulfide) groups is 1. The van der Waals surface area contributed by atoms with Crippen molar-refractivity contribution in [3.8, 4) is 11.5 Å². The highest BCUT2D eigenvalue weighted by Gasteiger charge is 2.34. The molecule has 0 bridgehead atoms. The first kappa shape index (κ1) is 21.7. The second kappa shape index (κ2) is 9.72. The van der Waals surface area contributed by atoms with Crippen LogP contribution in [0.1, 0.15) is 22.9 Å². The molecule has 0 aliphatic carbocycles. The van der Waals surface area contributed by atoms with E-state index in [4.69, 9.17) is 26.2 Å². The van der Waals surface area contributed by atoms with E-state index in [0.717, 1.165) is 16.2 Å². The molecule has 0 spiro atoms. The van der Waals surface area contributed by atoms with Crippen LogP contribution in [0.15, 0.2) is 64.2 Å². The van der Waals surface area contributed by atoms with Gasteiger partial charge in [-0.05, 0) is 41.3 Å². The molecule has 1 aromatic carbocycles. The SMILES string of the molecule is COc1ccc(C2CC(c3cccs3)=NN2C(=O)CSc2ncccc2Cl)cc1OC. The molecular formula is C22H20ClN3O3S2. The van der Waals surface area contributed by atoms with Gasteiger partial charge in [-0.2, -0.15) is 5.10 Å². The summed E-state index contributed by atoms with van der Waals surface area (Å²) in [4.78, 5) is 18.5. The van der Waals surface area contributed by atoms with E-state index >= 15 is 0 Å². The highest BCUT2D eigenvalue weighted by Crippen LogP contribution is 2.38. The molecule has 1 atom stereocenters. The number of aromatic nitrogens is 1. The van der Waals surface area contributed by atoms with Gasteiger partial charge in [0.15, 0.2) is 11.5 Å². The second-order valence-electron chi connectivity index (χ2n) is 6.68. The van der Waals surface area contributed by atoms with Gasteiger partial charge >= 0.3 is 0 Å². The van der Waals surface area contributed by atoms with Crippen LogP contribution in [-0.2, 0) is 4.79 Å². The summed E-state index contributed by atoms with van der Waals surface area (Å²) in [5.74, 6) is 1.33. The van der Waals surface area contributed by atoms with E-state index in [-0.39, 0.29) is 17.7 Å². The number of thiophene rings is 1. The number of carbonyl (C=O) groups excluding carboxylic acids is 1. The Balaban J connectivity index is 1.61. The molecule has 4 rings (SSSR count). The van der Waals surface area contributed by atoms with Crippen LogP contribution in [0.2, 0.25) is 5.02 Å². The Hall–Kier alpha value is -2.55. The van der Waals surface area contributed by atoms with Gasteiger partial charge in [0.2, 0.25) is 0 Å². The number of benzene rings is 1. The minimum Gasteiger partial charge on any atom is -0.493 e. The lowest BCUT2D eigenvalue weighted by Crippen LogP contribution is -2.28. The highest BCUT2D eigenvalue weighted by atomic mass is 35.5. The summed E-state index contributed by atoms with van der Waals surface area (Å²) in [6, 6.07) is 13.0. The van der Waals surface area contributed by atoms with Crippen LogP contribution in [0.4, 0.5) is 0 Å². The average Bonchev–Trinajstić information content (AvgIpc) is 3.48. The number of ether oxygens (including phenoxy) is 2. The molecule has 0 saturated heterocycles. The van der Waals surface area contributed by atoms with Gasteiger partial charge in [-0.3, -0.25) is 4.79 Å². The summed E-state index contributed by atoms with van der Waals surface area (Å²) in [5, 5.41) is 9.42. The van der Waals surface area contributed by atoms with Crippen molar-refractivity contribution in [3.63, 3.8) is 0 Å². The van der Waals surface area contributed by atoms with Gasteiger partial charge in [-0.15, -0.1) is 11.3 Å². The zero-order valence-corrected chi connectivity index (χ0v) is 19.3. The smallest absolute Gasteiger partial charge is 0.253 e. The van der Waals surface area contributed by atoms with Crippen LogP contribution in [0.3, 0.4) is 0 Å². The molecule has 160 valence electrons. The Kier molecular flexibility index (Phi) is 6.80. The van der Waals surface area contributed by atoms with Crippen LogP contribution in [0.25, 0.3) is 0 Å². The van der Waals surface area contributed by atoms with Crippen LogP contribution < -0.4 is 9.47 Å². The zero-order chi connectivity index (χ0) is 21.8. The van der Waals surface area contributed by atoms with Gasteiger partial charge in [0.05, 0.1) is 41.6 Å². The van der Waals surface area contributed by atoms with Crippen molar-refractivity contribution in [1.82, 2.24) is 9.99 Å². The molecule has 6 nitrogen and oxygen atoms in total. The van der Waals surface area contributed by atoms with Gasteiger partial charge < -0.3 is 9.47 Å². The third-order valence-electron chi connectivity index (χ3n) is 4.82. The van der Waals surface area contributed by atoms with E-state index in [0.29, 0.717) is 28.0 Å². The van der Waals surface area contributed by atoms with E-state index in [9.17, 15) is 4.79 Å². The predicted molar refractivity (Wildman–Crippen MR) is 125 cm³/mol. The lowest BCUT2D eigenvalue weighted by atomic mass is 10.0. The molecule has 31 heavy (non-hydrogen) atoms. The molecular weight excluding hydrogens is 454 g/mol. The first-order valence-electron chi connectivity index (χ1n) is 9.49. The Morgan fingerprint density at radius 2 is 2.06 bits per heavy atom. The molecule has 9 heteroatoms. The first-order valence-corrected chi connectivity index (χ1v) is 11.7. The lowest BCUT2D eigenvalue weighted by Gasteiger charge is -2.23. The fourth-order valence-corrected chi connectivity index (χ4v) is 5.07. The van der Waals surface area contributed by atoms with E-state index in [1.165, 1.54) is 11.8 Å². The monoisotopic (exact) mass is 473 g/mol. The fourth-order valence-electron chi connectivity index (χ4n) is 3.33. The summed E-state index contributed by atoms with van der Waals surface area (Å²) in [5.41, 5.74) is 1.83. The fraction of sp³-hybridized carbons (Fsp3) is 0.227. The number of hydrogen-bond acceptors (Lipinski definition) is 7. The van der Waals surface area contributed by atoms with E-state index in [1.807, 2.05) is 35.7 Å². The molecule has 3 aromatic rings. The summed E-state index contributed by atoms with van der Waals surface area (Å²) in [7, 11) is 3.20. The second-order valence-corrected chi connectivity index (χ2v) is 8.99. The maximum absolute atomic E-state index is 13.2. The minimum atomic E-state index is -0.232. The van der Waals surface area contributed by atoms with Crippen molar-refractivity contribution in [3.05, 3.63) is 69.5 Å². The maximum Gasteiger partial charge on any atom is 0.253 e. The first-order chi connectivity index (χ1) is 15.1. The van der Waals surface area contributed by atoms with Gasteiger partial charge in [0.1, 0.15) is 5.03 Å². The number of pyridine rings is 1. The number of amides is 1. The van der Waals surface area contributed by atoms with E-state index < -0.39 is 0 Å². The summed E-state index contributed by atoms with van der Waals surface area (Å²) in [6.45, 7) is 0. The Morgan fingerprint density at radius 1 is 1.23 bits per heavy atom. The molecule has 0 saturated carbocycles. The van der Waals surface area contributed by atoms with Crippen LogP contribution in [0, 0.1) is 0 Å².